The van der Waals surface area contributed by atoms with Crippen molar-refractivity contribution in [2.24, 2.45) is 5.73 Å². The molecule has 5 rings (SSSR count). The van der Waals surface area contributed by atoms with E-state index in [4.69, 9.17) is 17.3 Å². The molecule has 0 saturated heterocycles. The molecule has 0 unspecified atom stereocenters. The van der Waals surface area contributed by atoms with Gasteiger partial charge in [0, 0.05) is 35.2 Å². The summed E-state index contributed by atoms with van der Waals surface area (Å²) in [6, 6.07) is 15.5. The molecule has 0 radical (unpaired) electrons. The topological polar surface area (TPSA) is 278 Å². The van der Waals surface area contributed by atoms with Gasteiger partial charge in [-0.3, -0.25) is 33.3 Å². The van der Waals surface area contributed by atoms with Gasteiger partial charge in [-0.2, -0.15) is 0 Å². The van der Waals surface area contributed by atoms with E-state index in [0.717, 1.165) is 16.0 Å². The quantitative estimate of drug-likeness (QED) is 0.0652. The molecule has 5 atom stereocenters. The summed E-state index contributed by atoms with van der Waals surface area (Å²) in [4.78, 5) is 102. The van der Waals surface area contributed by atoms with Gasteiger partial charge < -0.3 is 51.9 Å². The molecule has 10 N–H and O–H groups in total. The van der Waals surface area contributed by atoms with E-state index in [1.807, 2.05) is 12.1 Å². The molecule has 1 aliphatic heterocycles. The fourth-order valence-electron chi connectivity index (χ4n) is 7.07. The maximum Gasteiger partial charge on any atom is 0.333 e. The van der Waals surface area contributed by atoms with Crippen LogP contribution in [0.15, 0.2) is 84.9 Å². The highest BCUT2D eigenvalue weighted by molar-refractivity contribution is 7.52. The number of benzene rings is 4. The van der Waals surface area contributed by atoms with Gasteiger partial charge >= 0.3 is 7.60 Å². The molecule has 17 nitrogen and oxygen atoms in total. The van der Waals surface area contributed by atoms with Crippen molar-refractivity contribution in [3.8, 4) is 33.8 Å². The lowest BCUT2D eigenvalue weighted by molar-refractivity contribution is -0.141. The minimum Gasteiger partial charge on any atom is -0.507 e. The third-order valence-electron chi connectivity index (χ3n) is 10.6. The highest BCUT2D eigenvalue weighted by Gasteiger charge is 2.36. The summed E-state index contributed by atoms with van der Waals surface area (Å²) in [5.74, 6) is -5.40. The smallest absolute Gasteiger partial charge is 0.333 e. The first-order valence-corrected chi connectivity index (χ1v) is 22.2. The molecule has 63 heavy (non-hydrogen) atoms. The van der Waals surface area contributed by atoms with E-state index in [1.165, 1.54) is 57.3 Å². The second-order valence-electron chi connectivity index (χ2n) is 15.4. The number of carbonyl (C=O) groups excluding carboxylic acids is 6. The van der Waals surface area contributed by atoms with Crippen LogP contribution in [-0.4, -0.2) is 104 Å². The highest BCUT2D eigenvalue weighted by Crippen LogP contribution is 2.39. The Kier molecular flexibility index (Phi) is 15.9. The van der Waals surface area contributed by atoms with Crippen molar-refractivity contribution in [2.75, 3.05) is 19.8 Å². The molecule has 4 bridgehead atoms. The lowest BCUT2D eigenvalue weighted by Gasteiger charge is -2.32. The Hall–Kier alpha value is -6.10. The molecule has 0 aliphatic carbocycles. The number of unbranched alkanes of at least 4 members (excludes halogenated alkanes) is 1. The fraction of sp³-hybridized carbons (Fsp3) is 0.318. The van der Waals surface area contributed by atoms with Crippen LogP contribution in [-0.2, 0) is 35.0 Å². The average molecular weight is 905 g/mol. The number of nitrogens with zero attached hydrogens (tertiary/aromatic N) is 1. The first-order chi connectivity index (χ1) is 29.8. The summed E-state index contributed by atoms with van der Waals surface area (Å²) in [6.07, 6.45) is -0.237. The third-order valence-corrected chi connectivity index (χ3v) is 11.5. The molecule has 5 amide bonds. The van der Waals surface area contributed by atoms with Gasteiger partial charge in [0.15, 0.2) is 5.78 Å². The number of carbonyl (C=O) groups is 6. The zero-order valence-corrected chi connectivity index (χ0v) is 36.4. The van der Waals surface area contributed by atoms with Gasteiger partial charge in [0.2, 0.25) is 23.6 Å². The molecule has 0 spiro atoms. The molecular formula is C44H50ClN6O11P. The van der Waals surface area contributed by atoms with E-state index in [9.17, 15) is 53.3 Å². The molecule has 0 fully saturated rings. The number of fused-ring (bicyclic) bond motifs is 5. The molecule has 1 heterocycles. The maximum atomic E-state index is 14.5. The lowest BCUT2D eigenvalue weighted by atomic mass is 9.93. The van der Waals surface area contributed by atoms with Gasteiger partial charge in [0.1, 0.15) is 41.8 Å². The van der Waals surface area contributed by atoms with E-state index in [-0.39, 0.29) is 46.6 Å². The van der Waals surface area contributed by atoms with Gasteiger partial charge in [0.25, 0.3) is 5.91 Å². The summed E-state index contributed by atoms with van der Waals surface area (Å²) >= 11 is 6.03. The number of halogens is 1. The largest absolute Gasteiger partial charge is 0.507 e. The van der Waals surface area contributed by atoms with E-state index in [1.54, 1.807) is 36.4 Å². The number of hydrogen-bond donors (Lipinski definition) is 9. The van der Waals surface area contributed by atoms with Crippen molar-refractivity contribution >= 4 is 54.5 Å². The fourth-order valence-corrected chi connectivity index (χ4v) is 7.88. The summed E-state index contributed by atoms with van der Waals surface area (Å²) in [7, 11) is -3.40. The number of rotatable bonds is 14. The molecule has 0 aromatic heterocycles. The monoisotopic (exact) mass is 904 g/mol. The summed E-state index contributed by atoms with van der Waals surface area (Å²) in [5, 5.41) is 33.1. The lowest BCUT2D eigenvalue weighted by Crippen LogP contribution is -2.57. The van der Waals surface area contributed by atoms with Gasteiger partial charge in [-0.25, -0.2) is 0 Å². The van der Waals surface area contributed by atoms with Crippen molar-refractivity contribution in [3.05, 3.63) is 107 Å². The number of ketones is 1. The van der Waals surface area contributed by atoms with Crippen LogP contribution in [0, 0.1) is 0 Å². The number of hydrogen-bond acceptors (Lipinski definition) is 10. The Bertz CT molecular complexity index is 2410. The maximum absolute atomic E-state index is 14.5. The minimum absolute atomic E-state index is 0.0483. The minimum atomic E-state index is -4.75. The number of aromatic hydroxyl groups is 2. The Balaban J connectivity index is 1.48. The molecule has 4 aromatic rings. The molecule has 334 valence electrons. The van der Waals surface area contributed by atoms with Crippen LogP contribution in [0.5, 0.6) is 11.5 Å². The van der Waals surface area contributed by atoms with Crippen LogP contribution in [0.2, 0.25) is 5.02 Å². The normalized spacial score (nSPS) is 17.5. The number of phenols is 2. The molecule has 4 aromatic carbocycles. The van der Waals surface area contributed by atoms with Crippen molar-refractivity contribution in [2.45, 2.75) is 69.7 Å². The Morgan fingerprint density at radius 1 is 0.857 bits per heavy atom. The van der Waals surface area contributed by atoms with Crippen LogP contribution in [0.4, 0.5) is 0 Å². The molecular weight excluding hydrogens is 855 g/mol. The van der Waals surface area contributed by atoms with Gasteiger partial charge in [-0.05, 0) is 110 Å². The number of Topliss-reactive ketones (excluding diaryl/α,β-unsaturated/α-hetero) is 1. The molecule has 1 aliphatic rings. The molecule has 0 saturated carbocycles. The van der Waals surface area contributed by atoms with Crippen LogP contribution in [0.3, 0.4) is 0 Å². The predicted octanol–water partition coefficient (Wildman–Crippen LogP) is 3.31. The van der Waals surface area contributed by atoms with E-state index in [0.29, 0.717) is 30.0 Å². The van der Waals surface area contributed by atoms with Crippen LogP contribution in [0.25, 0.3) is 22.3 Å². The SMILES string of the molecule is C[C@H](NC(=O)[C@@H]1Cc2ccc(O)c(c2)-c2cc(ccc2O)[C@H](N(C)C(=O)[C@H](CCCCN)NC(=O)c2ccc(-c3ccc(Cl)cc3)cc2)C(=O)N[C@@H](C)C(=O)N1)C(=O)CP(=O)(O)O. The number of likely N-dealkylation sites (N-methyl/N-ethyl adjacent to an activating group) is 1. The Labute approximate surface area is 368 Å². The number of amides is 5. The van der Waals surface area contributed by atoms with Crippen molar-refractivity contribution in [1.82, 2.24) is 26.2 Å². The predicted molar refractivity (Wildman–Crippen MR) is 235 cm³/mol. The first-order valence-electron chi connectivity index (χ1n) is 20.0. The summed E-state index contributed by atoms with van der Waals surface area (Å²) in [5.41, 5.74) is 8.39. The molecule has 19 heteroatoms. The average Bonchev–Trinajstić information content (AvgIpc) is 3.23. The second kappa shape index (κ2) is 20.8. The van der Waals surface area contributed by atoms with Gasteiger partial charge in [-0.15, -0.1) is 0 Å². The van der Waals surface area contributed by atoms with Gasteiger partial charge in [0.05, 0.1) is 6.04 Å². The first kappa shape index (κ1) is 47.9. The summed E-state index contributed by atoms with van der Waals surface area (Å²) < 4.78 is 11.4. The van der Waals surface area contributed by atoms with Crippen molar-refractivity contribution in [1.29, 1.82) is 0 Å². The van der Waals surface area contributed by atoms with Crippen LogP contribution < -0.4 is 27.0 Å². The number of phenolic OH excluding ortho intramolecular Hbond substituents is 2. The van der Waals surface area contributed by atoms with Crippen LogP contribution in [0.1, 0.15) is 60.6 Å². The number of nitrogens with one attached hydrogen (secondary N) is 4. The highest BCUT2D eigenvalue weighted by atomic mass is 35.5. The van der Waals surface area contributed by atoms with Crippen LogP contribution >= 0.6 is 19.2 Å². The summed E-state index contributed by atoms with van der Waals surface area (Å²) in [6.45, 7) is 2.89. The Morgan fingerprint density at radius 2 is 1.46 bits per heavy atom. The van der Waals surface area contributed by atoms with E-state index < -0.39 is 79.3 Å². The second-order valence-corrected chi connectivity index (χ2v) is 17.5. The third kappa shape index (κ3) is 12.5. The van der Waals surface area contributed by atoms with Crippen molar-refractivity contribution in [3.63, 3.8) is 0 Å². The van der Waals surface area contributed by atoms with E-state index >= 15 is 0 Å². The zero-order chi connectivity index (χ0) is 46.2. The zero-order valence-electron chi connectivity index (χ0n) is 34.7. The van der Waals surface area contributed by atoms with Crippen molar-refractivity contribution < 1.29 is 53.3 Å². The standard InChI is InChI=1S/C44H50ClN6O11P/c1-24(38(54)23-63(60,61)62)47-42(57)35-21-26-7-17-36(52)32(20-26)33-22-30(14-18-37(33)53)39(43(58)48-25(2)40(55)50-35)51(3)44(59)34(6-4-5-19-46)49-41(56)29-10-8-27(9-11-29)28-12-15-31(45)16-13-28/h7-18,20,22,24-25,34-35,39,52-53H,4-6,19,21,23,46H2,1-3H3,(H,47,57)(H,48,58)(H,49,56)(H,50,55)(H2,60,61,62)/t24-,25-,34-,35-,39-/m0/s1. The van der Waals surface area contributed by atoms with Gasteiger partial charge in [-0.1, -0.05) is 48.0 Å². The van der Waals surface area contributed by atoms with E-state index in [2.05, 4.69) is 21.3 Å². The number of nitrogens with two attached hydrogens (primary N) is 1. The Morgan fingerprint density at radius 3 is 2.08 bits per heavy atom.